The second-order valence-corrected chi connectivity index (χ2v) is 6.50. The molecule has 1 aliphatic heterocycles. The molecule has 0 aromatic carbocycles. The van der Waals surface area contributed by atoms with Gasteiger partial charge in [0.15, 0.2) is 5.76 Å². The molecule has 18 heavy (non-hydrogen) atoms. The van der Waals surface area contributed by atoms with Gasteiger partial charge >= 0.3 is 0 Å². The summed E-state index contributed by atoms with van der Waals surface area (Å²) in [6, 6.07) is 0.404. The highest BCUT2D eigenvalue weighted by molar-refractivity contribution is 7.89. The van der Waals surface area contributed by atoms with Crippen molar-refractivity contribution in [3.05, 3.63) is 11.5 Å². The highest BCUT2D eigenvalue weighted by atomic mass is 32.2. The standard InChI is InChI=1S/C11H19N3O3S/c1-8-11(9(2)17-13-8)18(15,16)14-6-4-10(12-3)5-7-14/h10,12H,4-7H2,1-3H3. The first-order valence-electron chi connectivity index (χ1n) is 6.07. The molecule has 6 nitrogen and oxygen atoms in total. The quantitative estimate of drug-likeness (QED) is 0.875. The molecule has 2 rings (SSSR count). The molecule has 2 heterocycles. The Balaban J connectivity index is 2.23. The number of piperidine rings is 1. The molecule has 0 atom stereocenters. The van der Waals surface area contributed by atoms with E-state index in [1.165, 1.54) is 4.31 Å². The van der Waals surface area contributed by atoms with Crippen molar-refractivity contribution in [1.82, 2.24) is 14.8 Å². The molecule has 1 aromatic heterocycles. The molecule has 1 aromatic rings. The van der Waals surface area contributed by atoms with E-state index in [9.17, 15) is 8.42 Å². The first-order chi connectivity index (χ1) is 8.46. The van der Waals surface area contributed by atoms with Crippen molar-refractivity contribution in [2.24, 2.45) is 0 Å². The SMILES string of the molecule is CNC1CCN(S(=O)(=O)c2c(C)noc2C)CC1. The van der Waals surface area contributed by atoms with Crippen molar-refractivity contribution in [1.29, 1.82) is 0 Å². The van der Waals surface area contributed by atoms with Crippen molar-refractivity contribution >= 4 is 10.0 Å². The molecule has 1 aliphatic rings. The van der Waals surface area contributed by atoms with Crippen molar-refractivity contribution in [3.8, 4) is 0 Å². The van der Waals surface area contributed by atoms with Gasteiger partial charge in [0.1, 0.15) is 10.6 Å². The minimum atomic E-state index is -3.46. The molecule has 0 amide bonds. The molecule has 0 spiro atoms. The van der Waals surface area contributed by atoms with Crippen LogP contribution in [-0.2, 0) is 10.0 Å². The van der Waals surface area contributed by atoms with Crippen LogP contribution in [0.15, 0.2) is 9.42 Å². The average molecular weight is 273 g/mol. The summed E-state index contributed by atoms with van der Waals surface area (Å²) in [6.45, 7) is 4.37. The van der Waals surface area contributed by atoms with Crippen molar-refractivity contribution in [2.45, 2.75) is 37.6 Å². The summed E-state index contributed by atoms with van der Waals surface area (Å²) in [4.78, 5) is 0.227. The Morgan fingerprint density at radius 1 is 1.33 bits per heavy atom. The second kappa shape index (κ2) is 4.99. The Kier molecular flexibility index (Phi) is 3.74. The van der Waals surface area contributed by atoms with Gasteiger partial charge < -0.3 is 9.84 Å². The summed E-state index contributed by atoms with van der Waals surface area (Å²) in [6.07, 6.45) is 1.66. The Morgan fingerprint density at radius 2 is 1.94 bits per heavy atom. The normalized spacial score (nSPS) is 19.3. The molecule has 1 N–H and O–H groups in total. The zero-order valence-corrected chi connectivity index (χ0v) is 11.7. The van der Waals surface area contributed by atoms with Gasteiger partial charge in [0, 0.05) is 19.1 Å². The molecule has 7 heteroatoms. The lowest BCUT2D eigenvalue weighted by Crippen LogP contribution is -2.44. The summed E-state index contributed by atoms with van der Waals surface area (Å²) in [7, 11) is -1.56. The first-order valence-corrected chi connectivity index (χ1v) is 7.51. The van der Waals surface area contributed by atoms with Gasteiger partial charge in [-0.3, -0.25) is 0 Å². The van der Waals surface area contributed by atoms with Crippen LogP contribution < -0.4 is 5.32 Å². The maximum atomic E-state index is 12.5. The lowest BCUT2D eigenvalue weighted by atomic mass is 10.1. The highest BCUT2D eigenvalue weighted by Crippen LogP contribution is 2.25. The van der Waals surface area contributed by atoms with E-state index >= 15 is 0 Å². The average Bonchev–Trinajstić information content (AvgIpc) is 2.69. The molecule has 0 unspecified atom stereocenters. The van der Waals surface area contributed by atoms with Crippen LogP contribution in [0.4, 0.5) is 0 Å². The molecule has 1 saturated heterocycles. The van der Waals surface area contributed by atoms with Gasteiger partial charge in [-0.15, -0.1) is 0 Å². The third kappa shape index (κ3) is 2.30. The van der Waals surface area contributed by atoms with Crippen molar-refractivity contribution in [2.75, 3.05) is 20.1 Å². The molecule has 102 valence electrons. The number of nitrogens with one attached hydrogen (secondary N) is 1. The molecule has 0 radical (unpaired) electrons. The van der Waals surface area contributed by atoms with Crippen LogP contribution in [0.3, 0.4) is 0 Å². The van der Waals surface area contributed by atoms with E-state index < -0.39 is 10.0 Å². The van der Waals surface area contributed by atoms with E-state index in [1.54, 1.807) is 13.8 Å². The van der Waals surface area contributed by atoms with Gasteiger partial charge in [0.25, 0.3) is 0 Å². The van der Waals surface area contributed by atoms with Crippen LogP contribution in [0.25, 0.3) is 0 Å². The summed E-state index contributed by atoms with van der Waals surface area (Å²) in [5.74, 6) is 0.364. The van der Waals surface area contributed by atoms with E-state index in [0.29, 0.717) is 30.6 Å². The number of hydrogen-bond acceptors (Lipinski definition) is 5. The van der Waals surface area contributed by atoms with Crippen LogP contribution in [0.1, 0.15) is 24.3 Å². The zero-order valence-electron chi connectivity index (χ0n) is 10.9. The van der Waals surface area contributed by atoms with Gasteiger partial charge in [0.2, 0.25) is 10.0 Å². The summed E-state index contributed by atoms with van der Waals surface area (Å²) in [5.41, 5.74) is 0.434. The molecule has 0 aliphatic carbocycles. The van der Waals surface area contributed by atoms with E-state index in [1.807, 2.05) is 7.05 Å². The second-order valence-electron chi connectivity index (χ2n) is 4.62. The third-order valence-electron chi connectivity index (χ3n) is 3.43. The van der Waals surface area contributed by atoms with Gasteiger partial charge in [-0.05, 0) is 33.7 Å². The fourth-order valence-corrected chi connectivity index (χ4v) is 4.12. The van der Waals surface area contributed by atoms with Crippen LogP contribution in [-0.4, -0.2) is 44.1 Å². The largest absolute Gasteiger partial charge is 0.360 e. The maximum Gasteiger partial charge on any atom is 0.248 e. The Labute approximate surface area is 107 Å². The van der Waals surface area contributed by atoms with Gasteiger partial charge in [-0.2, -0.15) is 4.31 Å². The Morgan fingerprint density at radius 3 is 2.39 bits per heavy atom. The predicted molar refractivity (Wildman–Crippen MR) is 66.8 cm³/mol. The highest BCUT2D eigenvalue weighted by Gasteiger charge is 2.33. The smallest absolute Gasteiger partial charge is 0.248 e. The Hall–Kier alpha value is -0.920. The molecule has 1 fully saturated rings. The summed E-state index contributed by atoms with van der Waals surface area (Å²) >= 11 is 0. The van der Waals surface area contributed by atoms with E-state index in [4.69, 9.17) is 4.52 Å². The number of nitrogens with zero attached hydrogens (tertiary/aromatic N) is 2. The van der Waals surface area contributed by atoms with Crippen LogP contribution >= 0.6 is 0 Å². The van der Waals surface area contributed by atoms with Gasteiger partial charge in [0.05, 0.1) is 0 Å². The summed E-state index contributed by atoms with van der Waals surface area (Å²) < 4.78 is 31.4. The number of hydrogen-bond donors (Lipinski definition) is 1. The molecular formula is C11H19N3O3S. The maximum absolute atomic E-state index is 12.5. The van der Waals surface area contributed by atoms with Crippen molar-refractivity contribution in [3.63, 3.8) is 0 Å². The third-order valence-corrected chi connectivity index (χ3v) is 5.57. The number of rotatable bonds is 3. The number of aryl methyl sites for hydroxylation is 2. The van der Waals surface area contributed by atoms with Crippen molar-refractivity contribution < 1.29 is 12.9 Å². The topological polar surface area (TPSA) is 75.4 Å². The number of sulfonamides is 1. The lowest BCUT2D eigenvalue weighted by Gasteiger charge is -2.30. The van der Waals surface area contributed by atoms with Gasteiger partial charge in [-0.25, -0.2) is 8.42 Å². The van der Waals surface area contributed by atoms with E-state index in [-0.39, 0.29) is 4.90 Å². The van der Waals surface area contributed by atoms with Gasteiger partial charge in [-0.1, -0.05) is 5.16 Å². The Bertz CT molecular complexity index is 496. The van der Waals surface area contributed by atoms with Crippen LogP contribution in [0.2, 0.25) is 0 Å². The molecule has 0 saturated carbocycles. The minimum absolute atomic E-state index is 0.227. The fraction of sp³-hybridized carbons (Fsp3) is 0.727. The van der Waals surface area contributed by atoms with Crippen LogP contribution in [0, 0.1) is 13.8 Å². The molecular weight excluding hydrogens is 254 g/mol. The number of aromatic nitrogens is 1. The summed E-state index contributed by atoms with van der Waals surface area (Å²) in [5, 5.41) is 6.90. The van der Waals surface area contributed by atoms with E-state index in [0.717, 1.165) is 12.8 Å². The minimum Gasteiger partial charge on any atom is -0.360 e. The van der Waals surface area contributed by atoms with E-state index in [2.05, 4.69) is 10.5 Å². The predicted octanol–water partition coefficient (Wildman–Crippen LogP) is 0.664. The lowest BCUT2D eigenvalue weighted by molar-refractivity contribution is 0.298. The molecule has 0 bridgehead atoms. The first kappa shape index (κ1) is 13.5. The zero-order chi connectivity index (χ0) is 13.3. The fourth-order valence-electron chi connectivity index (χ4n) is 2.36. The van der Waals surface area contributed by atoms with Crippen LogP contribution in [0.5, 0.6) is 0 Å². The monoisotopic (exact) mass is 273 g/mol.